The van der Waals surface area contributed by atoms with E-state index in [-0.39, 0.29) is 19.8 Å². The summed E-state index contributed by atoms with van der Waals surface area (Å²) in [6.07, 6.45) is 0. The van der Waals surface area contributed by atoms with E-state index < -0.39 is 0 Å². The molecule has 6 nitrogen and oxygen atoms in total. The number of rotatable bonds is 5. The third kappa shape index (κ3) is 3.27. The minimum atomic E-state index is -0.0248. The van der Waals surface area contributed by atoms with E-state index in [0.29, 0.717) is 11.6 Å². The monoisotopic (exact) mass is 232 g/mol. The molecule has 2 rings (SSSR count). The number of benzene rings is 1. The first-order valence-corrected chi connectivity index (χ1v) is 5.20. The van der Waals surface area contributed by atoms with Gasteiger partial charge >= 0.3 is 0 Å². The van der Waals surface area contributed by atoms with Crippen molar-refractivity contribution >= 4 is 0 Å². The van der Waals surface area contributed by atoms with Crippen LogP contribution in [0.2, 0.25) is 0 Å². The summed E-state index contributed by atoms with van der Waals surface area (Å²) in [5, 5.41) is 24.3. The molecule has 0 atom stereocenters. The lowest BCUT2D eigenvalue weighted by atomic mass is 10.2. The first-order valence-electron chi connectivity index (χ1n) is 5.20. The Labute approximate surface area is 98.3 Å². The number of aliphatic hydroxyl groups excluding tert-OH is 1. The summed E-state index contributed by atoms with van der Waals surface area (Å²) in [5.41, 5.74) is 0.871. The third-order valence-corrected chi connectivity index (χ3v) is 2.02. The summed E-state index contributed by atoms with van der Waals surface area (Å²) < 4.78 is 5.06. The molecule has 17 heavy (non-hydrogen) atoms. The minimum absolute atomic E-state index is 0.0248. The van der Waals surface area contributed by atoms with Crippen LogP contribution in [0.15, 0.2) is 30.3 Å². The second kappa shape index (κ2) is 5.97. The standard InChI is InChI=1S/C11H12N4O2/c16-6-7-17-8-10-12-14-11(15-13-10)9-4-2-1-3-5-9/h1-5,16H,6-8H2. The smallest absolute Gasteiger partial charge is 0.203 e. The second-order valence-corrected chi connectivity index (χ2v) is 3.28. The Morgan fingerprint density at radius 3 is 2.35 bits per heavy atom. The Hall–Kier alpha value is -1.92. The minimum Gasteiger partial charge on any atom is -0.394 e. The molecule has 0 fully saturated rings. The lowest BCUT2D eigenvalue weighted by Crippen LogP contribution is -2.06. The highest BCUT2D eigenvalue weighted by molar-refractivity contribution is 5.52. The highest BCUT2D eigenvalue weighted by Gasteiger charge is 2.03. The van der Waals surface area contributed by atoms with Crippen LogP contribution in [0.25, 0.3) is 11.4 Å². The molecule has 0 aliphatic heterocycles. The van der Waals surface area contributed by atoms with E-state index in [1.54, 1.807) is 0 Å². The molecule has 0 amide bonds. The maximum Gasteiger partial charge on any atom is 0.203 e. The van der Waals surface area contributed by atoms with Gasteiger partial charge in [0.25, 0.3) is 0 Å². The van der Waals surface area contributed by atoms with Gasteiger partial charge in [0, 0.05) is 5.56 Å². The summed E-state index contributed by atoms with van der Waals surface area (Å²) in [6, 6.07) is 9.50. The van der Waals surface area contributed by atoms with Crippen molar-refractivity contribution in [1.29, 1.82) is 0 Å². The van der Waals surface area contributed by atoms with Gasteiger partial charge in [0.05, 0.1) is 13.2 Å². The van der Waals surface area contributed by atoms with Gasteiger partial charge in [-0.2, -0.15) is 0 Å². The zero-order valence-corrected chi connectivity index (χ0v) is 9.15. The molecule has 0 radical (unpaired) electrons. The predicted octanol–water partition coefficient (Wildman–Crippen LogP) is 0.442. The molecule has 0 aliphatic rings. The van der Waals surface area contributed by atoms with E-state index in [9.17, 15) is 0 Å². The van der Waals surface area contributed by atoms with Crippen LogP contribution in [0.3, 0.4) is 0 Å². The van der Waals surface area contributed by atoms with Gasteiger partial charge in [-0.25, -0.2) is 0 Å². The highest BCUT2D eigenvalue weighted by atomic mass is 16.5. The molecule has 1 heterocycles. The van der Waals surface area contributed by atoms with Crippen LogP contribution in [0, 0.1) is 0 Å². The van der Waals surface area contributed by atoms with Crippen molar-refractivity contribution in [1.82, 2.24) is 20.4 Å². The summed E-state index contributed by atoms with van der Waals surface area (Å²) >= 11 is 0. The lowest BCUT2D eigenvalue weighted by Gasteiger charge is -2.00. The average molecular weight is 232 g/mol. The molecule has 0 spiro atoms. The molecular weight excluding hydrogens is 220 g/mol. The zero-order chi connectivity index (χ0) is 11.9. The first kappa shape index (κ1) is 11.6. The fraction of sp³-hybridized carbons (Fsp3) is 0.273. The number of aromatic nitrogens is 4. The molecule has 1 aromatic heterocycles. The van der Waals surface area contributed by atoms with Gasteiger partial charge < -0.3 is 9.84 Å². The van der Waals surface area contributed by atoms with E-state index in [0.717, 1.165) is 5.56 Å². The second-order valence-electron chi connectivity index (χ2n) is 3.28. The molecule has 0 bridgehead atoms. The largest absolute Gasteiger partial charge is 0.394 e. The van der Waals surface area contributed by atoms with Gasteiger partial charge in [0.1, 0.15) is 6.61 Å². The zero-order valence-electron chi connectivity index (χ0n) is 9.15. The van der Waals surface area contributed by atoms with Crippen molar-refractivity contribution in [2.24, 2.45) is 0 Å². The van der Waals surface area contributed by atoms with Crippen molar-refractivity contribution in [3.8, 4) is 11.4 Å². The van der Waals surface area contributed by atoms with E-state index in [4.69, 9.17) is 9.84 Å². The summed E-state index contributed by atoms with van der Waals surface area (Å²) in [5.74, 6) is 0.884. The Kier molecular flexibility index (Phi) is 4.06. The highest BCUT2D eigenvalue weighted by Crippen LogP contribution is 2.10. The number of hydrogen-bond acceptors (Lipinski definition) is 6. The number of ether oxygens (including phenoxy) is 1. The molecule has 2 aromatic rings. The first-order chi connectivity index (χ1) is 8.40. The van der Waals surface area contributed by atoms with Gasteiger partial charge in [0.15, 0.2) is 5.82 Å². The van der Waals surface area contributed by atoms with Gasteiger partial charge in [0.2, 0.25) is 5.82 Å². The van der Waals surface area contributed by atoms with Crippen molar-refractivity contribution in [2.75, 3.05) is 13.2 Å². The molecule has 0 unspecified atom stereocenters. The number of hydrogen-bond donors (Lipinski definition) is 1. The van der Waals surface area contributed by atoms with Crippen LogP contribution >= 0.6 is 0 Å². The third-order valence-electron chi connectivity index (χ3n) is 2.02. The maximum atomic E-state index is 8.54. The van der Waals surface area contributed by atoms with Gasteiger partial charge in [-0.3, -0.25) is 0 Å². The fourth-order valence-electron chi connectivity index (χ4n) is 1.24. The Balaban J connectivity index is 2.03. The Bertz CT molecular complexity index is 447. The van der Waals surface area contributed by atoms with Crippen LogP contribution in [-0.4, -0.2) is 38.7 Å². The van der Waals surface area contributed by atoms with Crippen LogP contribution in [0.5, 0.6) is 0 Å². The van der Waals surface area contributed by atoms with E-state index in [1.165, 1.54) is 0 Å². The number of nitrogens with zero attached hydrogens (tertiary/aromatic N) is 4. The molecule has 0 saturated carbocycles. The van der Waals surface area contributed by atoms with Gasteiger partial charge in [-0.15, -0.1) is 20.4 Å². The van der Waals surface area contributed by atoms with Crippen molar-refractivity contribution < 1.29 is 9.84 Å². The number of aliphatic hydroxyl groups is 1. The normalized spacial score (nSPS) is 10.4. The molecule has 88 valence electrons. The van der Waals surface area contributed by atoms with Crippen LogP contribution in [0.1, 0.15) is 5.82 Å². The van der Waals surface area contributed by atoms with Crippen molar-refractivity contribution in [3.05, 3.63) is 36.2 Å². The van der Waals surface area contributed by atoms with E-state index >= 15 is 0 Å². The van der Waals surface area contributed by atoms with Crippen molar-refractivity contribution in [2.45, 2.75) is 6.61 Å². The topological polar surface area (TPSA) is 81.0 Å². The molecular formula is C11H12N4O2. The van der Waals surface area contributed by atoms with Gasteiger partial charge in [-0.1, -0.05) is 30.3 Å². The van der Waals surface area contributed by atoms with E-state index in [2.05, 4.69) is 20.4 Å². The average Bonchev–Trinajstić information content (AvgIpc) is 2.41. The molecule has 1 aromatic carbocycles. The fourth-order valence-corrected chi connectivity index (χ4v) is 1.24. The van der Waals surface area contributed by atoms with E-state index in [1.807, 2.05) is 30.3 Å². The van der Waals surface area contributed by atoms with Gasteiger partial charge in [-0.05, 0) is 0 Å². The van der Waals surface area contributed by atoms with Crippen LogP contribution in [0.4, 0.5) is 0 Å². The summed E-state index contributed by atoms with van der Waals surface area (Å²) in [6.45, 7) is 0.433. The molecule has 1 N–H and O–H groups in total. The maximum absolute atomic E-state index is 8.54. The lowest BCUT2D eigenvalue weighted by molar-refractivity contribution is 0.0766. The molecule has 0 saturated heterocycles. The summed E-state index contributed by atoms with van der Waals surface area (Å²) in [4.78, 5) is 0. The summed E-state index contributed by atoms with van der Waals surface area (Å²) in [7, 11) is 0. The predicted molar refractivity (Wildman–Crippen MR) is 59.8 cm³/mol. The SMILES string of the molecule is OCCOCc1nnc(-c2ccccc2)nn1. The Morgan fingerprint density at radius 2 is 1.71 bits per heavy atom. The Morgan fingerprint density at radius 1 is 1.00 bits per heavy atom. The molecule has 0 aliphatic carbocycles. The quantitative estimate of drug-likeness (QED) is 0.753. The molecule has 6 heteroatoms. The van der Waals surface area contributed by atoms with Crippen molar-refractivity contribution in [3.63, 3.8) is 0 Å². The van der Waals surface area contributed by atoms with Crippen LogP contribution in [-0.2, 0) is 11.3 Å². The van der Waals surface area contributed by atoms with Crippen LogP contribution < -0.4 is 0 Å².